The molecule has 104 valence electrons. The van der Waals surface area contributed by atoms with Crippen molar-refractivity contribution in [3.63, 3.8) is 0 Å². The summed E-state index contributed by atoms with van der Waals surface area (Å²) >= 11 is 5.79. The van der Waals surface area contributed by atoms with E-state index in [4.69, 9.17) is 18.0 Å². The number of hydrogen-bond donors (Lipinski definition) is 1. The zero-order valence-corrected chi connectivity index (χ0v) is 12.6. The van der Waals surface area contributed by atoms with Gasteiger partial charge in [-0.2, -0.15) is 4.72 Å². The van der Waals surface area contributed by atoms with Crippen LogP contribution in [0, 0.1) is 12.3 Å². The van der Waals surface area contributed by atoms with Crippen molar-refractivity contribution in [1.82, 2.24) is 9.71 Å². The van der Waals surface area contributed by atoms with Gasteiger partial charge in [0.25, 0.3) is 0 Å². The molecule has 0 saturated heterocycles. The summed E-state index contributed by atoms with van der Waals surface area (Å²) in [6, 6.07) is 7.95. The van der Waals surface area contributed by atoms with E-state index in [1.165, 1.54) is 12.1 Å². The molecule has 0 fully saturated rings. The molecule has 0 aliphatic rings. The summed E-state index contributed by atoms with van der Waals surface area (Å²) in [7, 11) is -3.68. The predicted octanol–water partition coefficient (Wildman–Crippen LogP) is 2.58. The molecule has 0 spiro atoms. The number of benzene rings is 1. The van der Waals surface area contributed by atoms with Crippen LogP contribution >= 0.6 is 11.6 Å². The highest BCUT2D eigenvalue weighted by atomic mass is 35.5. The molecule has 2 aromatic rings. The van der Waals surface area contributed by atoms with Crippen LogP contribution in [0.5, 0.6) is 0 Å². The lowest BCUT2D eigenvalue weighted by Gasteiger charge is -2.19. The van der Waals surface area contributed by atoms with Gasteiger partial charge in [0.05, 0.1) is 16.0 Å². The maximum Gasteiger partial charge on any atom is 0.241 e. The maximum atomic E-state index is 12.3. The van der Waals surface area contributed by atoms with Crippen molar-refractivity contribution in [2.24, 2.45) is 0 Å². The van der Waals surface area contributed by atoms with Crippen LogP contribution in [-0.4, -0.2) is 18.9 Å². The Balaban J connectivity index is 2.48. The number of pyridine rings is 1. The molecule has 20 heavy (non-hydrogen) atoms. The van der Waals surface area contributed by atoms with E-state index in [-0.39, 0.29) is 4.90 Å². The molecule has 1 N–H and O–H groups in total. The van der Waals surface area contributed by atoms with Crippen LogP contribution in [0.15, 0.2) is 35.2 Å². The molecule has 1 heterocycles. The third-order valence-corrected chi connectivity index (χ3v) is 4.55. The topological polar surface area (TPSA) is 59.1 Å². The number of terminal acetylenes is 1. The monoisotopic (exact) mass is 308 g/mol. The van der Waals surface area contributed by atoms with Crippen LogP contribution in [0.3, 0.4) is 0 Å². The molecule has 4 nitrogen and oxygen atoms in total. The van der Waals surface area contributed by atoms with E-state index in [9.17, 15) is 8.42 Å². The van der Waals surface area contributed by atoms with Gasteiger partial charge in [-0.1, -0.05) is 17.5 Å². The van der Waals surface area contributed by atoms with Crippen LogP contribution in [0.4, 0.5) is 0 Å². The first-order valence-corrected chi connectivity index (χ1v) is 7.68. The van der Waals surface area contributed by atoms with Gasteiger partial charge in [-0.25, -0.2) is 13.4 Å². The lowest BCUT2D eigenvalue weighted by molar-refractivity contribution is 0.539. The minimum absolute atomic E-state index is 0.137. The number of hydrogen-bond acceptors (Lipinski definition) is 3. The first kappa shape index (κ1) is 14.8. The van der Waals surface area contributed by atoms with Gasteiger partial charge in [-0.05, 0) is 44.2 Å². The van der Waals surface area contributed by atoms with Crippen LogP contribution in [0.1, 0.15) is 13.8 Å². The molecule has 1 aromatic carbocycles. The molecule has 0 saturated carbocycles. The summed E-state index contributed by atoms with van der Waals surface area (Å²) in [6.45, 7) is 3.24. The van der Waals surface area contributed by atoms with Crippen LogP contribution in [0.25, 0.3) is 10.9 Å². The maximum absolute atomic E-state index is 12.3. The highest BCUT2D eigenvalue weighted by Gasteiger charge is 2.24. The molecular weight excluding hydrogens is 296 g/mol. The number of nitrogens with one attached hydrogen (secondary N) is 1. The molecule has 0 radical (unpaired) electrons. The lowest BCUT2D eigenvalue weighted by Crippen LogP contribution is -2.41. The number of rotatable bonds is 3. The second-order valence-corrected chi connectivity index (χ2v) is 6.93. The van der Waals surface area contributed by atoms with Crippen molar-refractivity contribution in [3.05, 3.63) is 35.5 Å². The quantitative estimate of drug-likeness (QED) is 0.700. The number of fused-ring (bicyclic) bond motifs is 1. The van der Waals surface area contributed by atoms with Crippen LogP contribution < -0.4 is 4.72 Å². The van der Waals surface area contributed by atoms with Gasteiger partial charge in [0.1, 0.15) is 5.15 Å². The molecule has 6 heteroatoms. The van der Waals surface area contributed by atoms with Gasteiger partial charge in [-0.3, -0.25) is 0 Å². The van der Waals surface area contributed by atoms with E-state index in [0.717, 1.165) is 0 Å². The Morgan fingerprint density at radius 3 is 2.65 bits per heavy atom. The first-order valence-electron chi connectivity index (χ1n) is 5.82. The molecule has 2 rings (SSSR count). The normalized spacial score (nSPS) is 12.3. The number of halogens is 1. The molecule has 0 atom stereocenters. The van der Waals surface area contributed by atoms with E-state index < -0.39 is 15.6 Å². The molecule has 0 unspecified atom stereocenters. The minimum Gasteiger partial charge on any atom is -0.236 e. The fraction of sp³-hybridized carbons (Fsp3) is 0.214. The summed E-state index contributed by atoms with van der Waals surface area (Å²) in [6.07, 6.45) is 5.30. The zero-order chi connectivity index (χ0) is 15.0. The summed E-state index contributed by atoms with van der Waals surface area (Å²) < 4.78 is 27.0. The third-order valence-electron chi connectivity index (χ3n) is 2.69. The van der Waals surface area contributed by atoms with Crippen molar-refractivity contribution in [2.45, 2.75) is 24.3 Å². The van der Waals surface area contributed by atoms with Crippen LogP contribution in [0.2, 0.25) is 5.15 Å². The second kappa shape index (κ2) is 5.06. The SMILES string of the molecule is C#CC(C)(C)NS(=O)(=O)c1ccc2nc(Cl)ccc2c1. The minimum atomic E-state index is -3.68. The van der Waals surface area contributed by atoms with Crippen molar-refractivity contribution >= 4 is 32.5 Å². The Bertz CT molecular complexity index is 808. The molecular formula is C14H13ClN2O2S. The van der Waals surface area contributed by atoms with Gasteiger partial charge in [0, 0.05) is 5.39 Å². The fourth-order valence-corrected chi connectivity index (χ4v) is 3.20. The smallest absolute Gasteiger partial charge is 0.236 e. The summed E-state index contributed by atoms with van der Waals surface area (Å²) in [4.78, 5) is 4.24. The molecule has 0 aliphatic heterocycles. The molecule has 1 aromatic heterocycles. The van der Waals surface area contributed by atoms with Crippen LogP contribution in [-0.2, 0) is 10.0 Å². The Morgan fingerprint density at radius 1 is 1.30 bits per heavy atom. The molecule has 0 aliphatic carbocycles. The average molecular weight is 309 g/mol. The van der Waals surface area contributed by atoms with Gasteiger partial charge in [0.2, 0.25) is 10.0 Å². The highest BCUT2D eigenvalue weighted by Crippen LogP contribution is 2.20. The van der Waals surface area contributed by atoms with Gasteiger partial charge < -0.3 is 0 Å². The third kappa shape index (κ3) is 3.10. The van der Waals surface area contributed by atoms with Gasteiger partial charge in [0.15, 0.2) is 0 Å². The largest absolute Gasteiger partial charge is 0.241 e. The zero-order valence-electron chi connectivity index (χ0n) is 11.0. The van der Waals surface area contributed by atoms with E-state index in [0.29, 0.717) is 16.1 Å². The first-order chi connectivity index (χ1) is 9.23. The summed E-state index contributed by atoms with van der Waals surface area (Å²) in [5.41, 5.74) is -0.320. The lowest BCUT2D eigenvalue weighted by atomic mass is 10.1. The Labute approximate surface area is 123 Å². The number of nitrogens with zero attached hydrogens (tertiary/aromatic N) is 1. The van der Waals surface area contributed by atoms with E-state index in [1.54, 1.807) is 32.0 Å². The summed E-state index contributed by atoms with van der Waals surface area (Å²) in [5.74, 6) is 2.39. The van der Waals surface area contributed by atoms with Crippen molar-refractivity contribution in [1.29, 1.82) is 0 Å². The Kier molecular flexibility index (Phi) is 3.74. The van der Waals surface area contributed by atoms with Crippen molar-refractivity contribution in [2.75, 3.05) is 0 Å². The van der Waals surface area contributed by atoms with E-state index >= 15 is 0 Å². The Hall–Kier alpha value is -1.61. The summed E-state index contributed by atoms with van der Waals surface area (Å²) in [5, 5.41) is 1.05. The average Bonchev–Trinajstić information content (AvgIpc) is 2.37. The van der Waals surface area contributed by atoms with E-state index in [1.807, 2.05) is 0 Å². The van der Waals surface area contributed by atoms with Crippen molar-refractivity contribution in [3.8, 4) is 12.3 Å². The Morgan fingerprint density at radius 2 is 2.00 bits per heavy atom. The molecule has 0 bridgehead atoms. The predicted molar refractivity (Wildman–Crippen MR) is 80.0 cm³/mol. The second-order valence-electron chi connectivity index (χ2n) is 4.86. The van der Waals surface area contributed by atoms with E-state index in [2.05, 4.69) is 15.6 Å². The van der Waals surface area contributed by atoms with Crippen molar-refractivity contribution < 1.29 is 8.42 Å². The van der Waals surface area contributed by atoms with Gasteiger partial charge in [-0.15, -0.1) is 6.42 Å². The fourth-order valence-electron chi connectivity index (χ4n) is 1.67. The number of sulfonamides is 1. The highest BCUT2D eigenvalue weighted by molar-refractivity contribution is 7.89. The molecule has 0 amide bonds. The standard InChI is InChI=1S/C14H13ClN2O2S/c1-4-14(2,3)17-20(18,19)11-6-7-12-10(9-11)5-8-13(15)16-12/h1,5-9,17H,2-3H3. The van der Waals surface area contributed by atoms with Gasteiger partial charge >= 0.3 is 0 Å². The number of aromatic nitrogens is 1.